The summed E-state index contributed by atoms with van der Waals surface area (Å²) in [5.74, 6) is -0.144. The van der Waals surface area contributed by atoms with Gasteiger partial charge in [-0.2, -0.15) is 0 Å². The summed E-state index contributed by atoms with van der Waals surface area (Å²) < 4.78 is 41.3. The van der Waals surface area contributed by atoms with Gasteiger partial charge < -0.3 is 21.1 Å². The van der Waals surface area contributed by atoms with Gasteiger partial charge in [0, 0.05) is 12.2 Å². The second-order valence-corrected chi connectivity index (χ2v) is 6.41. The van der Waals surface area contributed by atoms with Gasteiger partial charge in [0.15, 0.2) is 11.1 Å². The van der Waals surface area contributed by atoms with Crippen molar-refractivity contribution in [3.63, 3.8) is 0 Å². The molecule has 0 saturated carbocycles. The summed E-state index contributed by atoms with van der Waals surface area (Å²) >= 11 is 1.55. The van der Waals surface area contributed by atoms with E-state index in [1.807, 2.05) is 24.3 Å². The van der Waals surface area contributed by atoms with E-state index < -0.39 is 6.36 Å². The quantitative estimate of drug-likeness (QED) is 0.333. The van der Waals surface area contributed by atoms with Crippen molar-refractivity contribution in [1.29, 1.82) is 0 Å². The molecule has 0 atom stereocenters. The normalized spacial score (nSPS) is 12.2. The molecule has 4 N–H and O–H groups in total. The third-order valence-electron chi connectivity index (χ3n) is 3.32. The average molecular weight is 395 g/mol. The minimum absolute atomic E-state index is 0.158. The summed E-state index contributed by atoms with van der Waals surface area (Å²) in [7, 11) is 0. The fourth-order valence-electron chi connectivity index (χ4n) is 2.21. The van der Waals surface area contributed by atoms with Crippen LogP contribution >= 0.6 is 11.3 Å². The summed E-state index contributed by atoms with van der Waals surface area (Å²) in [6.07, 6.45) is -4.72. The van der Waals surface area contributed by atoms with E-state index in [4.69, 9.17) is 5.73 Å². The van der Waals surface area contributed by atoms with E-state index in [1.165, 1.54) is 24.3 Å². The molecule has 10 heteroatoms. The lowest BCUT2D eigenvalue weighted by atomic mass is 10.3. The maximum atomic E-state index is 12.1. The molecule has 142 valence electrons. The number of para-hydroxylation sites is 1. The number of ether oxygens (including phenoxy) is 1. The monoisotopic (exact) mass is 395 g/mol. The first-order valence-electron chi connectivity index (χ1n) is 7.91. The summed E-state index contributed by atoms with van der Waals surface area (Å²) in [5, 5.41) is 6.78. The van der Waals surface area contributed by atoms with Crippen LogP contribution in [0.25, 0.3) is 10.2 Å². The van der Waals surface area contributed by atoms with Crippen LogP contribution in [0.1, 0.15) is 0 Å². The Hall–Kier alpha value is -3.01. The van der Waals surface area contributed by atoms with E-state index >= 15 is 0 Å². The van der Waals surface area contributed by atoms with E-state index in [0.29, 0.717) is 18.8 Å². The minimum Gasteiger partial charge on any atom is -0.406 e. The number of nitrogens with zero attached hydrogens (tertiary/aromatic N) is 2. The predicted octanol–water partition coefficient (Wildman–Crippen LogP) is 4.03. The molecule has 27 heavy (non-hydrogen) atoms. The van der Waals surface area contributed by atoms with Crippen molar-refractivity contribution < 1.29 is 17.9 Å². The Balaban J connectivity index is 1.46. The van der Waals surface area contributed by atoms with Crippen molar-refractivity contribution in [3.05, 3.63) is 48.5 Å². The molecule has 6 nitrogen and oxygen atoms in total. The molecule has 0 aliphatic heterocycles. The highest BCUT2D eigenvalue weighted by molar-refractivity contribution is 7.22. The number of hydrogen-bond donors (Lipinski definition) is 3. The Labute approximate surface area is 156 Å². The number of guanidine groups is 1. The molecule has 3 rings (SSSR count). The zero-order valence-corrected chi connectivity index (χ0v) is 14.8. The number of nitrogens with two attached hydrogens (primary N) is 1. The molecule has 1 heterocycles. The highest BCUT2D eigenvalue weighted by Gasteiger charge is 2.30. The van der Waals surface area contributed by atoms with Crippen LogP contribution in [0, 0.1) is 0 Å². The Morgan fingerprint density at radius 1 is 1.15 bits per heavy atom. The van der Waals surface area contributed by atoms with Gasteiger partial charge >= 0.3 is 6.36 Å². The Kier molecular flexibility index (Phi) is 5.65. The van der Waals surface area contributed by atoms with Gasteiger partial charge in [-0.1, -0.05) is 23.5 Å². The van der Waals surface area contributed by atoms with Gasteiger partial charge in [0.2, 0.25) is 0 Å². The molecule has 3 aromatic rings. The molecule has 0 saturated heterocycles. The van der Waals surface area contributed by atoms with Gasteiger partial charge in [-0.05, 0) is 36.4 Å². The molecule has 0 amide bonds. The van der Waals surface area contributed by atoms with Crippen molar-refractivity contribution in [2.45, 2.75) is 6.36 Å². The van der Waals surface area contributed by atoms with Crippen LogP contribution in [0.2, 0.25) is 0 Å². The summed E-state index contributed by atoms with van der Waals surface area (Å²) in [6, 6.07) is 13.1. The largest absolute Gasteiger partial charge is 0.573 e. The SMILES string of the molecule is NC(=NCCNc1nc2ccccc2s1)Nc1ccc(OC(F)(F)F)cc1. The molecule has 1 aromatic heterocycles. The second kappa shape index (κ2) is 8.12. The minimum atomic E-state index is -4.72. The summed E-state index contributed by atoms with van der Waals surface area (Å²) in [5.41, 5.74) is 7.22. The third-order valence-corrected chi connectivity index (χ3v) is 4.32. The van der Waals surface area contributed by atoms with Crippen LogP contribution in [-0.2, 0) is 0 Å². The van der Waals surface area contributed by atoms with Gasteiger partial charge in [-0.3, -0.25) is 4.99 Å². The van der Waals surface area contributed by atoms with Crippen LogP contribution in [0.3, 0.4) is 0 Å². The number of hydrogen-bond acceptors (Lipinski definition) is 5. The lowest BCUT2D eigenvalue weighted by molar-refractivity contribution is -0.274. The van der Waals surface area contributed by atoms with E-state index in [9.17, 15) is 13.2 Å². The molecule has 2 aromatic carbocycles. The second-order valence-electron chi connectivity index (χ2n) is 5.38. The van der Waals surface area contributed by atoms with Gasteiger partial charge in [-0.25, -0.2) is 4.98 Å². The topological polar surface area (TPSA) is 84.6 Å². The smallest absolute Gasteiger partial charge is 0.406 e. The van der Waals surface area contributed by atoms with Crippen molar-refractivity contribution in [2.75, 3.05) is 23.7 Å². The first-order valence-corrected chi connectivity index (χ1v) is 8.73. The molecule has 0 fully saturated rings. The fraction of sp³-hybridized carbons (Fsp3) is 0.176. The van der Waals surface area contributed by atoms with Crippen LogP contribution < -0.4 is 21.1 Å². The zero-order chi connectivity index (χ0) is 19.3. The number of fused-ring (bicyclic) bond motifs is 1. The highest BCUT2D eigenvalue weighted by atomic mass is 32.1. The van der Waals surface area contributed by atoms with E-state index in [0.717, 1.165) is 15.3 Å². The molecule has 0 unspecified atom stereocenters. The molecule has 0 spiro atoms. The van der Waals surface area contributed by atoms with Crippen molar-refractivity contribution >= 4 is 38.3 Å². The van der Waals surface area contributed by atoms with Crippen molar-refractivity contribution in [3.8, 4) is 5.75 Å². The molecular weight excluding hydrogens is 379 g/mol. The Morgan fingerprint density at radius 3 is 2.59 bits per heavy atom. The Bertz CT molecular complexity index is 891. The first-order chi connectivity index (χ1) is 12.9. The zero-order valence-electron chi connectivity index (χ0n) is 14.0. The number of rotatable bonds is 6. The maximum absolute atomic E-state index is 12.1. The summed E-state index contributed by atoms with van der Waals surface area (Å²) in [4.78, 5) is 8.61. The molecule has 0 aliphatic carbocycles. The Morgan fingerprint density at radius 2 is 1.89 bits per heavy atom. The molecular formula is C17H16F3N5OS. The molecule has 0 aliphatic rings. The average Bonchev–Trinajstić information content (AvgIpc) is 3.02. The van der Waals surface area contributed by atoms with Gasteiger partial charge in [0.1, 0.15) is 5.75 Å². The number of halogens is 3. The highest BCUT2D eigenvalue weighted by Crippen LogP contribution is 2.25. The standard InChI is InChI=1S/C17H16F3N5OS/c18-17(19,20)26-12-7-5-11(6-8-12)24-15(21)22-9-10-23-16-25-13-3-1-2-4-14(13)27-16/h1-8H,9-10H2,(H,23,25)(H3,21,22,24). The van der Waals surface area contributed by atoms with Crippen LogP contribution in [0.4, 0.5) is 24.0 Å². The lowest BCUT2D eigenvalue weighted by Crippen LogP contribution is -2.23. The number of aliphatic imine (C=N–C) groups is 1. The van der Waals surface area contributed by atoms with Gasteiger partial charge in [0.25, 0.3) is 0 Å². The van der Waals surface area contributed by atoms with E-state index in [2.05, 4.69) is 25.3 Å². The number of nitrogens with one attached hydrogen (secondary N) is 2. The van der Waals surface area contributed by atoms with Gasteiger partial charge in [-0.15, -0.1) is 13.2 Å². The number of thiazole rings is 1. The fourth-order valence-corrected chi connectivity index (χ4v) is 3.11. The van der Waals surface area contributed by atoms with Crippen molar-refractivity contribution in [2.24, 2.45) is 10.7 Å². The van der Waals surface area contributed by atoms with Crippen LogP contribution in [0.15, 0.2) is 53.5 Å². The van der Waals surface area contributed by atoms with Crippen LogP contribution in [-0.4, -0.2) is 30.4 Å². The molecule has 0 radical (unpaired) electrons. The van der Waals surface area contributed by atoms with Crippen molar-refractivity contribution in [1.82, 2.24) is 4.98 Å². The summed E-state index contributed by atoms with van der Waals surface area (Å²) in [6.45, 7) is 0.949. The number of alkyl halides is 3. The maximum Gasteiger partial charge on any atom is 0.573 e. The number of anilines is 2. The number of aromatic nitrogens is 1. The van der Waals surface area contributed by atoms with E-state index in [1.54, 1.807) is 11.3 Å². The van der Waals surface area contributed by atoms with E-state index in [-0.39, 0.29) is 11.7 Å². The number of benzene rings is 2. The lowest BCUT2D eigenvalue weighted by Gasteiger charge is -2.10. The van der Waals surface area contributed by atoms with Crippen LogP contribution in [0.5, 0.6) is 5.75 Å². The first kappa shape index (κ1) is 18.8. The predicted molar refractivity (Wildman–Crippen MR) is 101 cm³/mol. The third kappa shape index (κ3) is 5.74. The van der Waals surface area contributed by atoms with Gasteiger partial charge in [0.05, 0.1) is 16.8 Å². The molecule has 0 bridgehead atoms.